The highest BCUT2D eigenvalue weighted by molar-refractivity contribution is 7.09. The van der Waals surface area contributed by atoms with Crippen LogP contribution in [0.2, 0.25) is 0 Å². The lowest BCUT2D eigenvalue weighted by molar-refractivity contribution is 0.0900. The van der Waals surface area contributed by atoms with Gasteiger partial charge in [-0.25, -0.2) is 4.98 Å². The van der Waals surface area contributed by atoms with Gasteiger partial charge in [-0.15, -0.1) is 11.3 Å². The van der Waals surface area contributed by atoms with Crippen LogP contribution in [0.25, 0.3) is 0 Å². The van der Waals surface area contributed by atoms with E-state index in [1.54, 1.807) is 11.3 Å². The Morgan fingerprint density at radius 3 is 3.31 bits per heavy atom. The summed E-state index contributed by atoms with van der Waals surface area (Å²) in [7, 11) is 0. The second-order valence-corrected chi connectivity index (χ2v) is 4.32. The van der Waals surface area contributed by atoms with Gasteiger partial charge >= 0.3 is 0 Å². The van der Waals surface area contributed by atoms with Crippen LogP contribution in [0, 0.1) is 0 Å². The summed E-state index contributed by atoms with van der Waals surface area (Å²) in [5, 5.41) is 3.10. The van der Waals surface area contributed by atoms with Gasteiger partial charge in [-0.3, -0.25) is 0 Å². The van der Waals surface area contributed by atoms with Gasteiger partial charge in [-0.2, -0.15) is 0 Å². The first kappa shape index (κ1) is 9.12. The quantitative estimate of drug-likeness (QED) is 0.793. The van der Waals surface area contributed by atoms with Gasteiger partial charge < -0.3 is 10.5 Å². The molecule has 0 saturated carbocycles. The molecule has 72 valence electrons. The predicted molar refractivity (Wildman–Crippen MR) is 52.8 cm³/mol. The minimum Gasteiger partial charge on any atom is -0.377 e. The fraction of sp³-hybridized carbons (Fsp3) is 0.667. The van der Waals surface area contributed by atoms with Gasteiger partial charge in [0.05, 0.1) is 11.1 Å². The fourth-order valence-electron chi connectivity index (χ4n) is 1.63. The van der Waals surface area contributed by atoms with Crippen LogP contribution < -0.4 is 5.73 Å². The van der Waals surface area contributed by atoms with Crippen molar-refractivity contribution in [1.29, 1.82) is 0 Å². The van der Waals surface area contributed by atoms with E-state index in [0.29, 0.717) is 0 Å². The molecule has 1 fully saturated rings. The van der Waals surface area contributed by atoms with E-state index < -0.39 is 0 Å². The second-order valence-electron chi connectivity index (χ2n) is 3.35. The molecule has 2 N–H and O–H groups in total. The maximum absolute atomic E-state index is 6.01. The normalized spacial score (nSPS) is 24.8. The Bertz CT molecular complexity index is 244. The lowest BCUT2D eigenvalue weighted by atomic mass is 10.1. The number of hydrogen-bond acceptors (Lipinski definition) is 4. The maximum Gasteiger partial charge on any atom is 0.0941 e. The summed E-state index contributed by atoms with van der Waals surface area (Å²) in [5.41, 5.74) is 6.01. The molecule has 1 aliphatic rings. The predicted octanol–water partition coefficient (Wildman–Crippen LogP) is 1.19. The first-order chi connectivity index (χ1) is 6.36. The van der Waals surface area contributed by atoms with Crippen LogP contribution >= 0.6 is 11.3 Å². The average molecular weight is 198 g/mol. The monoisotopic (exact) mass is 198 g/mol. The van der Waals surface area contributed by atoms with E-state index in [2.05, 4.69) is 4.98 Å². The SMILES string of the molecule is NC(Cc1nccs1)C1CCCO1. The molecule has 2 unspecified atom stereocenters. The number of thiazole rings is 1. The Hall–Kier alpha value is -0.450. The van der Waals surface area contributed by atoms with Crippen molar-refractivity contribution in [3.05, 3.63) is 16.6 Å². The molecule has 2 atom stereocenters. The molecule has 4 heteroatoms. The highest BCUT2D eigenvalue weighted by atomic mass is 32.1. The molecular formula is C9H14N2OS. The fourth-order valence-corrected chi connectivity index (χ4v) is 2.32. The highest BCUT2D eigenvalue weighted by Gasteiger charge is 2.23. The van der Waals surface area contributed by atoms with E-state index >= 15 is 0 Å². The molecular weight excluding hydrogens is 184 g/mol. The summed E-state index contributed by atoms with van der Waals surface area (Å²) in [6.45, 7) is 0.871. The number of rotatable bonds is 3. The number of ether oxygens (including phenoxy) is 1. The Kier molecular flexibility index (Phi) is 2.93. The molecule has 1 saturated heterocycles. The number of nitrogens with two attached hydrogens (primary N) is 1. The molecule has 0 spiro atoms. The van der Waals surface area contributed by atoms with Crippen LogP contribution in [0.15, 0.2) is 11.6 Å². The zero-order chi connectivity index (χ0) is 9.10. The van der Waals surface area contributed by atoms with E-state index in [4.69, 9.17) is 10.5 Å². The van der Waals surface area contributed by atoms with Crippen molar-refractivity contribution in [2.75, 3.05) is 6.61 Å². The molecule has 0 amide bonds. The molecule has 3 nitrogen and oxygen atoms in total. The standard InChI is InChI=1S/C9H14N2OS/c10-7(8-2-1-4-12-8)6-9-11-3-5-13-9/h3,5,7-8H,1-2,4,6,10H2. The first-order valence-electron chi connectivity index (χ1n) is 4.62. The molecule has 0 aliphatic carbocycles. The minimum atomic E-state index is 0.119. The van der Waals surface area contributed by atoms with Crippen molar-refractivity contribution in [2.45, 2.75) is 31.4 Å². The molecule has 2 rings (SSSR count). The largest absolute Gasteiger partial charge is 0.377 e. The molecule has 0 radical (unpaired) electrons. The second kappa shape index (κ2) is 4.17. The van der Waals surface area contributed by atoms with Gasteiger partial charge in [0.25, 0.3) is 0 Å². The van der Waals surface area contributed by atoms with Crippen molar-refractivity contribution >= 4 is 11.3 Å². The van der Waals surface area contributed by atoms with E-state index in [0.717, 1.165) is 30.9 Å². The van der Waals surface area contributed by atoms with Crippen LogP contribution in [0.4, 0.5) is 0 Å². The van der Waals surface area contributed by atoms with Crippen LogP contribution in [-0.2, 0) is 11.2 Å². The minimum absolute atomic E-state index is 0.119. The number of hydrogen-bond donors (Lipinski definition) is 1. The summed E-state index contributed by atoms with van der Waals surface area (Å²) in [6, 6.07) is 0.119. The van der Waals surface area contributed by atoms with Crippen molar-refractivity contribution in [2.24, 2.45) is 5.73 Å². The molecule has 0 bridgehead atoms. The van der Waals surface area contributed by atoms with Crippen molar-refractivity contribution in [3.63, 3.8) is 0 Å². The van der Waals surface area contributed by atoms with E-state index in [-0.39, 0.29) is 12.1 Å². The van der Waals surface area contributed by atoms with Crippen molar-refractivity contribution in [1.82, 2.24) is 4.98 Å². The zero-order valence-corrected chi connectivity index (χ0v) is 8.30. The Morgan fingerprint density at radius 1 is 1.77 bits per heavy atom. The van der Waals surface area contributed by atoms with Crippen LogP contribution in [0.1, 0.15) is 17.8 Å². The highest BCUT2D eigenvalue weighted by Crippen LogP contribution is 2.17. The number of nitrogens with zero attached hydrogens (tertiary/aromatic N) is 1. The van der Waals surface area contributed by atoms with Gasteiger partial charge in [0.1, 0.15) is 0 Å². The maximum atomic E-state index is 6.01. The molecule has 1 aliphatic heterocycles. The van der Waals surface area contributed by atoms with E-state index in [1.807, 2.05) is 11.6 Å². The molecule has 2 heterocycles. The van der Waals surface area contributed by atoms with E-state index in [1.165, 1.54) is 0 Å². The topological polar surface area (TPSA) is 48.1 Å². The lowest BCUT2D eigenvalue weighted by Crippen LogP contribution is -2.36. The van der Waals surface area contributed by atoms with E-state index in [9.17, 15) is 0 Å². The summed E-state index contributed by atoms with van der Waals surface area (Å²) >= 11 is 1.66. The van der Waals surface area contributed by atoms with Gasteiger partial charge in [0.2, 0.25) is 0 Å². The lowest BCUT2D eigenvalue weighted by Gasteiger charge is -2.16. The zero-order valence-electron chi connectivity index (χ0n) is 7.48. The van der Waals surface area contributed by atoms with Gasteiger partial charge in [0, 0.05) is 30.6 Å². The average Bonchev–Trinajstić information content (AvgIpc) is 2.74. The Morgan fingerprint density at radius 2 is 2.69 bits per heavy atom. The van der Waals surface area contributed by atoms with Gasteiger partial charge in [0.15, 0.2) is 0 Å². The summed E-state index contributed by atoms with van der Waals surface area (Å²) in [5.74, 6) is 0. The van der Waals surface area contributed by atoms with Gasteiger partial charge in [-0.05, 0) is 12.8 Å². The number of aromatic nitrogens is 1. The van der Waals surface area contributed by atoms with Crippen LogP contribution in [-0.4, -0.2) is 23.7 Å². The molecule has 1 aromatic rings. The third kappa shape index (κ3) is 2.27. The summed E-state index contributed by atoms with van der Waals surface area (Å²) in [4.78, 5) is 4.21. The summed E-state index contributed by atoms with van der Waals surface area (Å²) < 4.78 is 5.52. The molecule has 13 heavy (non-hydrogen) atoms. The summed E-state index contributed by atoms with van der Waals surface area (Å²) in [6.07, 6.45) is 5.18. The van der Waals surface area contributed by atoms with Crippen molar-refractivity contribution < 1.29 is 4.74 Å². The smallest absolute Gasteiger partial charge is 0.0941 e. The van der Waals surface area contributed by atoms with Gasteiger partial charge in [-0.1, -0.05) is 0 Å². The molecule has 0 aromatic carbocycles. The van der Waals surface area contributed by atoms with Crippen molar-refractivity contribution in [3.8, 4) is 0 Å². The molecule has 1 aromatic heterocycles. The third-order valence-electron chi connectivity index (χ3n) is 2.34. The Balaban J connectivity index is 1.87. The third-order valence-corrected chi connectivity index (χ3v) is 3.14. The Labute approximate surface area is 81.9 Å². The van der Waals surface area contributed by atoms with Crippen LogP contribution in [0.5, 0.6) is 0 Å². The van der Waals surface area contributed by atoms with Crippen LogP contribution in [0.3, 0.4) is 0 Å². The first-order valence-corrected chi connectivity index (χ1v) is 5.50.